The number of carboxylic acids is 1. The molecular weight excluding hydrogens is 400 g/mol. The minimum atomic E-state index is -2.98. The first-order valence-electron chi connectivity index (χ1n) is 10.2. The molecule has 0 rings (SSSR count). The number of amides is 2. The third-order valence-corrected chi connectivity index (χ3v) is 4.61. The predicted molar refractivity (Wildman–Crippen MR) is 108 cm³/mol. The Morgan fingerprint density at radius 3 is 1.80 bits per heavy atom. The van der Waals surface area contributed by atoms with Gasteiger partial charge < -0.3 is 21.1 Å². The van der Waals surface area contributed by atoms with Crippen molar-refractivity contribution in [3.05, 3.63) is 0 Å². The van der Waals surface area contributed by atoms with E-state index in [1.807, 2.05) is 41.5 Å². The highest BCUT2D eigenvalue weighted by atomic mass is 19.3. The quantitative estimate of drug-likeness (QED) is 0.308. The molecular formula is C20H35F2N3O5. The lowest BCUT2D eigenvalue weighted by atomic mass is 9.96. The Labute approximate surface area is 176 Å². The van der Waals surface area contributed by atoms with Gasteiger partial charge in [-0.25, -0.2) is 13.6 Å². The van der Waals surface area contributed by atoms with Crippen molar-refractivity contribution < 1.29 is 33.1 Å². The van der Waals surface area contributed by atoms with E-state index in [4.69, 9.17) is 5.11 Å². The summed E-state index contributed by atoms with van der Waals surface area (Å²) in [7, 11) is 0. The molecule has 0 fully saturated rings. The highest BCUT2D eigenvalue weighted by Crippen LogP contribution is 2.12. The molecule has 0 radical (unpaired) electrons. The lowest BCUT2D eigenvalue weighted by Crippen LogP contribution is -2.58. The third-order valence-electron chi connectivity index (χ3n) is 4.61. The van der Waals surface area contributed by atoms with Crippen LogP contribution in [-0.2, 0) is 19.2 Å². The van der Waals surface area contributed by atoms with Crippen molar-refractivity contribution in [2.75, 3.05) is 0 Å². The van der Waals surface area contributed by atoms with Crippen molar-refractivity contribution in [2.24, 2.45) is 11.8 Å². The van der Waals surface area contributed by atoms with Crippen LogP contribution in [0.2, 0.25) is 0 Å². The highest BCUT2D eigenvalue weighted by Gasteiger charge is 2.34. The molecule has 8 nitrogen and oxygen atoms in total. The second-order valence-electron chi connectivity index (χ2n) is 8.23. The minimum absolute atomic E-state index is 0.00994. The molecule has 4 N–H and O–H groups in total. The second-order valence-corrected chi connectivity index (χ2v) is 8.23. The number of carboxylic acid groups (broad SMARTS) is 1. The van der Waals surface area contributed by atoms with Crippen LogP contribution < -0.4 is 16.0 Å². The molecule has 0 bridgehead atoms. The van der Waals surface area contributed by atoms with Gasteiger partial charge in [0.05, 0.1) is 6.04 Å². The molecule has 0 aromatic rings. The molecule has 0 heterocycles. The molecule has 0 saturated heterocycles. The summed E-state index contributed by atoms with van der Waals surface area (Å²) in [4.78, 5) is 48.1. The van der Waals surface area contributed by atoms with Gasteiger partial charge in [-0.05, 0) is 18.3 Å². The summed E-state index contributed by atoms with van der Waals surface area (Å²) in [5.41, 5.74) is 0. The maximum absolute atomic E-state index is 12.8. The van der Waals surface area contributed by atoms with Crippen molar-refractivity contribution in [1.82, 2.24) is 16.0 Å². The van der Waals surface area contributed by atoms with E-state index in [1.54, 1.807) is 0 Å². The van der Waals surface area contributed by atoms with Gasteiger partial charge in [-0.1, -0.05) is 48.0 Å². The number of rotatable bonds is 14. The molecule has 0 spiro atoms. The standard InChI is InChI=1S/C20H35F2N3O5/c1-7-12(6)16(23-11(4)5)19(28)25-14(8-10(2)3)18(27)24-13(9-15(21)22)17(26)20(29)30/h10-16,23H,7-9H2,1-6H3,(H,24,27)(H,25,28)(H,29,30)/t12?,13?,14-,16-/m0/s1. The SMILES string of the molecule is CCC(C)[C@H](NC(C)C)C(=O)N[C@@H](CC(C)C)C(=O)NC(CC(F)F)C(=O)C(=O)O. The van der Waals surface area contributed by atoms with Crippen LogP contribution in [-0.4, -0.2) is 59.3 Å². The Kier molecular flexibility index (Phi) is 12.3. The van der Waals surface area contributed by atoms with Crippen LogP contribution in [0.1, 0.15) is 60.8 Å². The van der Waals surface area contributed by atoms with Crippen molar-refractivity contribution in [3.63, 3.8) is 0 Å². The Hall–Kier alpha value is -2.10. The van der Waals surface area contributed by atoms with Crippen LogP contribution in [0, 0.1) is 11.8 Å². The van der Waals surface area contributed by atoms with Gasteiger partial charge in [0, 0.05) is 12.5 Å². The Morgan fingerprint density at radius 2 is 1.40 bits per heavy atom. The van der Waals surface area contributed by atoms with Crippen LogP contribution in [0.5, 0.6) is 0 Å². The smallest absolute Gasteiger partial charge is 0.374 e. The third kappa shape index (κ3) is 10.1. The molecule has 2 unspecified atom stereocenters. The normalized spacial score (nSPS) is 15.6. The number of carbonyl (C=O) groups is 4. The van der Waals surface area contributed by atoms with Crippen molar-refractivity contribution >= 4 is 23.6 Å². The first-order chi connectivity index (χ1) is 13.8. The molecule has 10 heteroatoms. The van der Waals surface area contributed by atoms with Crippen molar-refractivity contribution in [1.29, 1.82) is 0 Å². The number of ketones is 1. The van der Waals surface area contributed by atoms with E-state index in [2.05, 4.69) is 16.0 Å². The summed E-state index contributed by atoms with van der Waals surface area (Å²) in [6, 6.07) is -3.54. The molecule has 0 saturated carbocycles. The molecule has 2 amide bonds. The van der Waals surface area contributed by atoms with Crippen LogP contribution in [0.4, 0.5) is 8.78 Å². The number of Topliss-reactive ketones (excluding diaryl/α,β-unsaturated/α-hetero) is 1. The Balaban J connectivity index is 5.53. The summed E-state index contributed by atoms with van der Waals surface area (Å²) in [6.45, 7) is 11.2. The Morgan fingerprint density at radius 1 is 0.867 bits per heavy atom. The number of halogens is 2. The lowest BCUT2D eigenvalue weighted by molar-refractivity contribution is -0.151. The Bertz CT molecular complexity index is 599. The van der Waals surface area contributed by atoms with E-state index < -0.39 is 54.5 Å². The largest absolute Gasteiger partial charge is 0.475 e. The number of alkyl halides is 2. The first-order valence-corrected chi connectivity index (χ1v) is 10.2. The molecule has 0 aliphatic heterocycles. The lowest BCUT2D eigenvalue weighted by Gasteiger charge is -2.29. The molecule has 0 aliphatic carbocycles. The van der Waals surface area contributed by atoms with Crippen LogP contribution in [0.3, 0.4) is 0 Å². The fraction of sp³-hybridized carbons (Fsp3) is 0.800. The van der Waals surface area contributed by atoms with Gasteiger partial charge in [0.1, 0.15) is 12.1 Å². The van der Waals surface area contributed by atoms with Gasteiger partial charge in [0.25, 0.3) is 5.78 Å². The maximum Gasteiger partial charge on any atom is 0.374 e. The zero-order valence-corrected chi connectivity index (χ0v) is 18.5. The van der Waals surface area contributed by atoms with Crippen LogP contribution in [0.15, 0.2) is 0 Å². The number of nitrogens with one attached hydrogen (secondary N) is 3. The minimum Gasteiger partial charge on any atom is -0.475 e. The van der Waals surface area contributed by atoms with Gasteiger partial charge >= 0.3 is 5.97 Å². The fourth-order valence-electron chi connectivity index (χ4n) is 2.89. The molecule has 4 atom stereocenters. The highest BCUT2D eigenvalue weighted by molar-refractivity contribution is 6.35. The van der Waals surface area contributed by atoms with E-state index in [0.29, 0.717) is 6.42 Å². The molecule has 0 aromatic heterocycles. The summed E-state index contributed by atoms with van der Waals surface area (Å²) in [6.07, 6.45) is -3.21. The van der Waals surface area contributed by atoms with Crippen LogP contribution in [0.25, 0.3) is 0 Å². The number of aliphatic carboxylic acids is 1. The number of hydrogen-bond acceptors (Lipinski definition) is 5. The number of carbonyl (C=O) groups excluding carboxylic acids is 3. The molecule has 30 heavy (non-hydrogen) atoms. The predicted octanol–water partition coefficient (Wildman–Crippen LogP) is 1.72. The van der Waals surface area contributed by atoms with Crippen molar-refractivity contribution in [2.45, 2.75) is 91.4 Å². The maximum atomic E-state index is 12.8. The first kappa shape index (κ1) is 27.9. The van der Waals surface area contributed by atoms with E-state index in [9.17, 15) is 28.0 Å². The van der Waals surface area contributed by atoms with Gasteiger partial charge in [-0.2, -0.15) is 0 Å². The molecule has 0 aromatic carbocycles. The average Bonchev–Trinajstić information content (AvgIpc) is 2.62. The van der Waals surface area contributed by atoms with Gasteiger partial charge in [0.15, 0.2) is 0 Å². The zero-order chi connectivity index (χ0) is 23.6. The van der Waals surface area contributed by atoms with E-state index in [0.717, 1.165) is 0 Å². The van der Waals surface area contributed by atoms with Crippen LogP contribution >= 0.6 is 0 Å². The fourth-order valence-corrected chi connectivity index (χ4v) is 2.89. The summed E-state index contributed by atoms with van der Waals surface area (Å²) in [5.74, 6) is -4.81. The number of hydrogen-bond donors (Lipinski definition) is 4. The topological polar surface area (TPSA) is 125 Å². The van der Waals surface area contributed by atoms with Gasteiger partial charge in [0.2, 0.25) is 18.2 Å². The molecule has 174 valence electrons. The molecule has 0 aliphatic rings. The monoisotopic (exact) mass is 435 g/mol. The summed E-state index contributed by atoms with van der Waals surface area (Å²) in [5, 5.41) is 16.7. The second kappa shape index (κ2) is 13.3. The van der Waals surface area contributed by atoms with Gasteiger partial charge in [-0.15, -0.1) is 0 Å². The summed E-state index contributed by atoms with van der Waals surface area (Å²) < 4.78 is 25.5. The van der Waals surface area contributed by atoms with Gasteiger partial charge in [-0.3, -0.25) is 14.4 Å². The van der Waals surface area contributed by atoms with E-state index in [1.165, 1.54) is 0 Å². The van der Waals surface area contributed by atoms with E-state index >= 15 is 0 Å². The zero-order valence-electron chi connectivity index (χ0n) is 18.5. The average molecular weight is 436 g/mol. The van der Waals surface area contributed by atoms with Crippen molar-refractivity contribution in [3.8, 4) is 0 Å². The summed E-state index contributed by atoms with van der Waals surface area (Å²) >= 11 is 0. The van der Waals surface area contributed by atoms with E-state index in [-0.39, 0.29) is 24.3 Å².